The third-order valence-corrected chi connectivity index (χ3v) is 6.11. The maximum absolute atomic E-state index is 13.9. The summed E-state index contributed by atoms with van der Waals surface area (Å²) in [5.41, 5.74) is -0.525. The van der Waals surface area contributed by atoms with Crippen LogP contribution in [0, 0.1) is 5.92 Å². The van der Waals surface area contributed by atoms with Gasteiger partial charge in [-0.1, -0.05) is 60.7 Å². The molecule has 0 amide bonds. The van der Waals surface area contributed by atoms with Crippen LogP contribution >= 0.6 is 0 Å². The smallest absolute Gasteiger partial charge is 0.343 e. The van der Waals surface area contributed by atoms with E-state index in [1.807, 2.05) is 18.2 Å². The molecule has 2 atom stereocenters. The van der Waals surface area contributed by atoms with Crippen molar-refractivity contribution in [3.63, 3.8) is 0 Å². The largest absolute Gasteiger partial charge is 1.00 e. The van der Waals surface area contributed by atoms with Crippen molar-refractivity contribution in [3.8, 4) is 0 Å². The maximum Gasteiger partial charge on any atom is 0.343 e. The van der Waals surface area contributed by atoms with Crippen LogP contribution < -0.4 is 17.0 Å². The van der Waals surface area contributed by atoms with Crippen molar-refractivity contribution in [2.45, 2.75) is 43.8 Å². The van der Waals surface area contributed by atoms with Crippen LogP contribution in [0.4, 0.5) is 8.78 Å². The third-order valence-electron chi connectivity index (χ3n) is 6.11. The van der Waals surface area contributed by atoms with Gasteiger partial charge >= 0.3 is 5.97 Å². The number of benzene rings is 2. The van der Waals surface area contributed by atoms with Gasteiger partial charge in [0.1, 0.15) is 6.54 Å². The summed E-state index contributed by atoms with van der Waals surface area (Å²) in [5.74, 6) is -4.58. The summed E-state index contributed by atoms with van der Waals surface area (Å²) in [4.78, 5) is 13.0. The number of carbonyl (C=O) groups excluding carboxylic acids is 1. The highest BCUT2D eigenvalue weighted by Gasteiger charge is 2.54. The Balaban J connectivity index is 0.00000363. The lowest BCUT2D eigenvalue weighted by Gasteiger charge is -2.33. The van der Waals surface area contributed by atoms with E-state index in [1.54, 1.807) is 30.3 Å². The van der Waals surface area contributed by atoms with Gasteiger partial charge in [0.15, 0.2) is 5.60 Å². The van der Waals surface area contributed by atoms with Crippen LogP contribution in [0.5, 0.6) is 0 Å². The fourth-order valence-electron chi connectivity index (χ4n) is 4.44. The molecule has 0 unspecified atom stereocenters. The van der Waals surface area contributed by atoms with Crippen LogP contribution in [0.3, 0.4) is 0 Å². The average molecular weight is 512 g/mol. The third kappa shape index (κ3) is 6.59. The molecular weight excluding hydrogens is 480 g/mol. The molecule has 4 nitrogen and oxygen atoms in total. The number of halogens is 3. The van der Waals surface area contributed by atoms with Crippen LogP contribution in [-0.2, 0) is 21.7 Å². The summed E-state index contributed by atoms with van der Waals surface area (Å²) in [5, 5.41) is 11.3. The molecule has 1 saturated carbocycles. The summed E-state index contributed by atoms with van der Waals surface area (Å²) in [6.45, 7) is 1.75. The Morgan fingerprint density at radius 2 is 1.72 bits per heavy atom. The zero-order chi connectivity index (χ0) is 22.5. The molecule has 1 fully saturated rings. The quantitative estimate of drug-likeness (QED) is 0.315. The van der Waals surface area contributed by atoms with E-state index in [2.05, 4.69) is 26.2 Å². The normalized spacial score (nSPS) is 19.6. The first-order chi connectivity index (χ1) is 14.6. The number of nitrogens with zero attached hydrogens (tertiary/aromatic N) is 1. The van der Waals surface area contributed by atoms with E-state index in [0.717, 1.165) is 17.6 Å². The van der Waals surface area contributed by atoms with Gasteiger partial charge in [-0.15, -0.1) is 0 Å². The molecule has 0 heterocycles. The summed E-state index contributed by atoms with van der Waals surface area (Å²) in [6, 6.07) is 18.5. The van der Waals surface area contributed by atoms with E-state index in [-0.39, 0.29) is 36.4 Å². The fourth-order valence-corrected chi connectivity index (χ4v) is 4.44. The van der Waals surface area contributed by atoms with E-state index < -0.39 is 29.8 Å². The van der Waals surface area contributed by atoms with Crippen molar-refractivity contribution < 1.29 is 44.9 Å². The summed E-state index contributed by atoms with van der Waals surface area (Å²) < 4.78 is 33.9. The highest BCUT2D eigenvalue weighted by Crippen LogP contribution is 2.47. The molecule has 0 saturated heterocycles. The molecule has 2 aromatic carbocycles. The van der Waals surface area contributed by atoms with Gasteiger partial charge < -0.3 is 31.3 Å². The van der Waals surface area contributed by atoms with Crippen molar-refractivity contribution in [1.82, 2.24) is 0 Å². The molecule has 176 valence electrons. The number of ether oxygens (including phenoxy) is 1. The van der Waals surface area contributed by atoms with Gasteiger partial charge in [-0.25, -0.2) is 13.6 Å². The second kappa shape index (κ2) is 10.9. The number of quaternary nitrogens is 1. The standard InChI is InChI=1S/C25H32F2NO3.BrH/c1-28(2,19-20-10-5-3-6-11-20)16-9-17-31-23(29)25(30,21-12-7-4-8-13-21)22-14-15-24(26,27)18-22;/h3-8,10-13,22,30H,9,14-19H2,1-2H3;1H/q+1;/p-1/t22-,25+;/m1./s1. The lowest BCUT2D eigenvalue weighted by molar-refractivity contribution is -0.903. The maximum atomic E-state index is 13.9. The highest BCUT2D eigenvalue weighted by molar-refractivity contribution is 5.81. The van der Waals surface area contributed by atoms with Crippen molar-refractivity contribution in [1.29, 1.82) is 0 Å². The Bertz CT molecular complexity index is 864. The Morgan fingerprint density at radius 3 is 2.28 bits per heavy atom. The minimum Gasteiger partial charge on any atom is -1.00 e. The number of rotatable bonds is 9. The van der Waals surface area contributed by atoms with Crippen LogP contribution in [-0.4, -0.2) is 48.7 Å². The van der Waals surface area contributed by atoms with Crippen LogP contribution in [0.1, 0.15) is 36.8 Å². The average Bonchev–Trinajstić information content (AvgIpc) is 3.11. The van der Waals surface area contributed by atoms with E-state index in [1.165, 1.54) is 5.56 Å². The zero-order valence-electron chi connectivity index (χ0n) is 18.6. The molecule has 1 N–H and O–H groups in total. The van der Waals surface area contributed by atoms with E-state index >= 15 is 0 Å². The van der Waals surface area contributed by atoms with E-state index in [9.17, 15) is 18.7 Å². The van der Waals surface area contributed by atoms with Gasteiger partial charge in [0.05, 0.1) is 27.2 Å². The molecule has 2 aromatic rings. The SMILES string of the molecule is C[N+](C)(CCCOC(=O)[C@](O)(c1ccccc1)[C@@H]1CCC(F)(F)C1)Cc1ccccc1.[Br-]. The summed E-state index contributed by atoms with van der Waals surface area (Å²) >= 11 is 0. The molecular formula is C25H32BrF2NO3. The lowest BCUT2D eigenvalue weighted by atomic mass is 9.80. The number of alkyl halides is 2. The Morgan fingerprint density at radius 1 is 1.12 bits per heavy atom. The molecule has 0 aliphatic heterocycles. The van der Waals surface area contributed by atoms with Crippen LogP contribution in [0.15, 0.2) is 60.7 Å². The molecule has 0 bridgehead atoms. The Hall–Kier alpha value is -1.83. The Kier molecular flexibility index (Phi) is 8.97. The number of esters is 1. The summed E-state index contributed by atoms with van der Waals surface area (Å²) in [7, 11) is 4.21. The van der Waals surface area contributed by atoms with Crippen molar-refractivity contribution in [2.24, 2.45) is 5.92 Å². The van der Waals surface area contributed by atoms with Gasteiger partial charge in [0, 0.05) is 30.7 Å². The summed E-state index contributed by atoms with van der Waals surface area (Å²) in [6.07, 6.45) is -0.161. The monoisotopic (exact) mass is 511 g/mol. The van der Waals surface area contributed by atoms with Crippen molar-refractivity contribution in [3.05, 3.63) is 71.8 Å². The minimum atomic E-state index is -2.87. The molecule has 0 radical (unpaired) electrons. The fraction of sp³-hybridized carbons (Fsp3) is 0.480. The van der Waals surface area contributed by atoms with Gasteiger partial charge in [-0.05, 0) is 12.0 Å². The minimum absolute atomic E-state index is 0. The number of hydrogen-bond donors (Lipinski definition) is 1. The van der Waals surface area contributed by atoms with Gasteiger partial charge in [-0.2, -0.15) is 0 Å². The molecule has 1 aliphatic carbocycles. The first-order valence-corrected chi connectivity index (χ1v) is 10.8. The van der Waals surface area contributed by atoms with Crippen molar-refractivity contribution >= 4 is 5.97 Å². The second-order valence-electron chi connectivity index (χ2n) is 9.22. The molecule has 32 heavy (non-hydrogen) atoms. The first kappa shape index (κ1) is 26.4. The molecule has 7 heteroatoms. The van der Waals surface area contributed by atoms with Gasteiger partial charge in [0.2, 0.25) is 5.92 Å². The number of carbonyl (C=O) groups is 1. The Labute approximate surface area is 199 Å². The predicted molar refractivity (Wildman–Crippen MR) is 115 cm³/mol. The van der Waals surface area contributed by atoms with E-state index in [0.29, 0.717) is 12.0 Å². The number of hydrogen-bond acceptors (Lipinski definition) is 3. The number of aliphatic hydroxyl groups is 1. The van der Waals surface area contributed by atoms with Gasteiger partial charge in [0.25, 0.3) is 0 Å². The molecule has 0 spiro atoms. The first-order valence-electron chi connectivity index (χ1n) is 10.8. The lowest BCUT2D eigenvalue weighted by Crippen LogP contribution is -3.00. The van der Waals surface area contributed by atoms with Crippen LogP contribution in [0.2, 0.25) is 0 Å². The molecule has 1 aliphatic rings. The van der Waals surface area contributed by atoms with Crippen LogP contribution in [0.25, 0.3) is 0 Å². The van der Waals surface area contributed by atoms with Gasteiger partial charge in [-0.3, -0.25) is 0 Å². The van der Waals surface area contributed by atoms with E-state index in [4.69, 9.17) is 4.74 Å². The topological polar surface area (TPSA) is 46.5 Å². The van der Waals surface area contributed by atoms with Crippen molar-refractivity contribution in [2.75, 3.05) is 27.2 Å². The zero-order valence-corrected chi connectivity index (χ0v) is 20.2. The molecule has 0 aromatic heterocycles. The highest BCUT2D eigenvalue weighted by atomic mass is 79.9. The predicted octanol–water partition coefficient (Wildman–Crippen LogP) is 1.52. The molecule has 3 rings (SSSR count). The second-order valence-corrected chi connectivity index (χ2v) is 9.22.